The number of rotatable bonds is 2. The van der Waals surface area contributed by atoms with E-state index in [1.807, 2.05) is 0 Å². The van der Waals surface area contributed by atoms with Crippen LogP contribution in [0.1, 0.15) is 61.3 Å². The number of carbonyl (C=O) groups excluding carboxylic acids is 1. The van der Waals surface area contributed by atoms with Crippen LogP contribution in [-0.4, -0.2) is 15.7 Å². The molecule has 0 bridgehead atoms. The van der Waals surface area contributed by atoms with Crippen LogP contribution in [0, 0.1) is 22.7 Å². The van der Waals surface area contributed by atoms with Gasteiger partial charge in [0.1, 0.15) is 5.56 Å². The summed E-state index contributed by atoms with van der Waals surface area (Å²) in [5, 5.41) is 13.7. The maximum atomic E-state index is 11.3. The molecule has 1 aromatic heterocycles. The van der Waals surface area contributed by atoms with E-state index in [0.717, 1.165) is 19.3 Å². The number of nitriles is 1. The molecule has 4 N–H and O–H groups in total. The number of carbonyl (C=O) groups is 1. The van der Waals surface area contributed by atoms with Crippen LogP contribution in [0.15, 0.2) is 6.20 Å². The number of amides is 1. The molecular formula is C15H21N5O. The van der Waals surface area contributed by atoms with Gasteiger partial charge in [-0.05, 0) is 37.5 Å². The molecule has 0 aromatic carbocycles. The summed E-state index contributed by atoms with van der Waals surface area (Å²) in [6.45, 7) is 0. The van der Waals surface area contributed by atoms with Gasteiger partial charge in [-0.3, -0.25) is 9.48 Å². The standard InChI is InChI=1S/C15H21N5O/c16-8-10-7-15(4-1-2-5-15)6-3-12(10)20-9-11(14(18)21)13(17)19-20/h9-10,12H,1-7H2,(H2,17,19)(H2,18,21)/t10-,12+/m0/s1. The molecule has 0 unspecified atom stereocenters. The van der Waals surface area contributed by atoms with Crippen molar-refractivity contribution < 1.29 is 4.79 Å². The zero-order valence-corrected chi connectivity index (χ0v) is 12.1. The van der Waals surface area contributed by atoms with Gasteiger partial charge in [0.25, 0.3) is 5.91 Å². The number of anilines is 1. The molecule has 112 valence electrons. The predicted octanol–water partition coefficient (Wildman–Crippen LogP) is 1.99. The van der Waals surface area contributed by atoms with E-state index in [0.29, 0.717) is 5.41 Å². The average Bonchev–Trinajstić information content (AvgIpc) is 3.06. The zero-order chi connectivity index (χ0) is 15.0. The Kier molecular flexibility index (Phi) is 3.36. The lowest BCUT2D eigenvalue weighted by atomic mass is 9.67. The molecule has 2 fully saturated rings. The Balaban J connectivity index is 1.84. The summed E-state index contributed by atoms with van der Waals surface area (Å²) in [5.41, 5.74) is 11.6. The summed E-state index contributed by atoms with van der Waals surface area (Å²) in [7, 11) is 0. The Morgan fingerprint density at radius 1 is 1.43 bits per heavy atom. The highest BCUT2D eigenvalue weighted by Crippen LogP contribution is 2.53. The van der Waals surface area contributed by atoms with E-state index in [1.165, 1.54) is 25.7 Å². The first kappa shape index (κ1) is 13.9. The lowest BCUT2D eigenvalue weighted by Crippen LogP contribution is -2.33. The molecule has 0 aliphatic heterocycles. The van der Waals surface area contributed by atoms with Crippen molar-refractivity contribution in [3.63, 3.8) is 0 Å². The fourth-order valence-electron chi connectivity index (χ4n) is 4.15. The summed E-state index contributed by atoms with van der Waals surface area (Å²) in [4.78, 5) is 11.3. The molecule has 6 heteroatoms. The lowest BCUT2D eigenvalue weighted by molar-refractivity contribution is 0.0999. The molecule has 2 saturated carbocycles. The molecule has 1 aromatic rings. The molecule has 1 spiro atoms. The maximum Gasteiger partial charge on any atom is 0.254 e. The summed E-state index contributed by atoms with van der Waals surface area (Å²) in [5.74, 6) is -0.493. The number of aromatic nitrogens is 2. The van der Waals surface area contributed by atoms with E-state index >= 15 is 0 Å². The molecule has 2 atom stereocenters. The second-order valence-corrected chi connectivity index (χ2v) is 6.53. The van der Waals surface area contributed by atoms with Crippen molar-refractivity contribution in [2.24, 2.45) is 17.1 Å². The first-order valence-electron chi connectivity index (χ1n) is 7.59. The van der Waals surface area contributed by atoms with Gasteiger partial charge in [0.2, 0.25) is 0 Å². The molecular weight excluding hydrogens is 266 g/mol. The highest BCUT2D eigenvalue weighted by atomic mass is 16.1. The molecule has 0 radical (unpaired) electrons. The van der Waals surface area contributed by atoms with E-state index < -0.39 is 5.91 Å². The number of nitrogens with zero attached hydrogens (tertiary/aromatic N) is 3. The van der Waals surface area contributed by atoms with Crippen molar-refractivity contribution in [3.8, 4) is 6.07 Å². The largest absolute Gasteiger partial charge is 0.382 e. The van der Waals surface area contributed by atoms with Crippen LogP contribution in [0.3, 0.4) is 0 Å². The zero-order valence-electron chi connectivity index (χ0n) is 12.1. The van der Waals surface area contributed by atoms with Crippen molar-refractivity contribution in [1.82, 2.24) is 9.78 Å². The molecule has 2 aliphatic rings. The van der Waals surface area contributed by atoms with Crippen LogP contribution in [0.2, 0.25) is 0 Å². The topological polar surface area (TPSA) is 111 Å². The fourth-order valence-corrected chi connectivity index (χ4v) is 4.15. The van der Waals surface area contributed by atoms with E-state index in [1.54, 1.807) is 10.9 Å². The van der Waals surface area contributed by atoms with E-state index in [2.05, 4.69) is 11.2 Å². The predicted molar refractivity (Wildman–Crippen MR) is 78.0 cm³/mol. The van der Waals surface area contributed by atoms with Crippen molar-refractivity contribution in [2.75, 3.05) is 5.73 Å². The quantitative estimate of drug-likeness (QED) is 0.866. The molecule has 21 heavy (non-hydrogen) atoms. The lowest BCUT2D eigenvalue weighted by Gasteiger charge is -2.40. The SMILES string of the molecule is N#C[C@@H]1CC2(CCCC2)CC[C@H]1n1cc(C(N)=O)c(N)n1. The Morgan fingerprint density at radius 2 is 2.14 bits per heavy atom. The molecule has 6 nitrogen and oxygen atoms in total. The first-order chi connectivity index (χ1) is 10.0. The molecule has 0 saturated heterocycles. The van der Waals surface area contributed by atoms with Gasteiger partial charge in [0.15, 0.2) is 5.82 Å². The Hall–Kier alpha value is -2.03. The van der Waals surface area contributed by atoms with E-state index in [4.69, 9.17) is 11.5 Å². The second-order valence-electron chi connectivity index (χ2n) is 6.53. The van der Waals surface area contributed by atoms with E-state index in [9.17, 15) is 10.1 Å². The van der Waals surface area contributed by atoms with Gasteiger partial charge in [0, 0.05) is 6.20 Å². The van der Waals surface area contributed by atoms with Gasteiger partial charge in [-0.2, -0.15) is 10.4 Å². The smallest absolute Gasteiger partial charge is 0.254 e. The monoisotopic (exact) mass is 287 g/mol. The summed E-state index contributed by atoms with van der Waals surface area (Å²) >= 11 is 0. The van der Waals surface area contributed by atoms with Crippen LogP contribution < -0.4 is 11.5 Å². The molecule has 1 amide bonds. The number of hydrogen-bond donors (Lipinski definition) is 2. The van der Waals surface area contributed by atoms with Crippen molar-refractivity contribution in [2.45, 2.75) is 51.0 Å². The molecule has 2 aliphatic carbocycles. The van der Waals surface area contributed by atoms with Gasteiger partial charge in [-0.15, -0.1) is 0 Å². The van der Waals surface area contributed by atoms with Gasteiger partial charge in [0.05, 0.1) is 18.0 Å². The molecule has 1 heterocycles. The van der Waals surface area contributed by atoms with Crippen molar-refractivity contribution in [1.29, 1.82) is 5.26 Å². The first-order valence-corrected chi connectivity index (χ1v) is 7.59. The van der Waals surface area contributed by atoms with Gasteiger partial charge < -0.3 is 11.5 Å². The summed E-state index contributed by atoms with van der Waals surface area (Å²) in [6, 6.07) is 2.44. The number of nitrogens with two attached hydrogens (primary N) is 2. The normalized spacial score (nSPS) is 27.6. The minimum absolute atomic E-state index is 0.00313. The summed E-state index contributed by atoms with van der Waals surface area (Å²) in [6.07, 6.45) is 9.61. The van der Waals surface area contributed by atoms with Crippen LogP contribution in [-0.2, 0) is 0 Å². The van der Waals surface area contributed by atoms with Gasteiger partial charge in [-0.25, -0.2) is 0 Å². The third-order valence-corrected chi connectivity index (χ3v) is 5.28. The third-order valence-electron chi connectivity index (χ3n) is 5.28. The highest BCUT2D eigenvalue weighted by molar-refractivity contribution is 5.96. The minimum atomic E-state index is -0.574. The number of primary amides is 1. The van der Waals surface area contributed by atoms with Gasteiger partial charge >= 0.3 is 0 Å². The van der Waals surface area contributed by atoms with E-state index in [-0.39, 0.29) is 23.3 Å². The van der Waals surface area contributed by atoms with Gasteiger partial charge in [-0.1, -0.05) is 12.8 Å². The van der Waals surface area contributed by atoms with Crippen molar-refractivity contribution >= 4 is 11.7 Å². The Morgan fingerprint density at radius 3 is 2.71 bits per heavy atom. The third kappa shape index (κ3) is 2.37. The van der Waals surface area contributed by atoms with Crippen LogP contribution in [0.25, 0.3) is 0 Å². The van der Waals surface area contributed by atoms with Crippen LogP contribution in [0.4, 0.5) is 5.82 Å². The van der Waals surface area contributed by atoms with Crippen molar-refractivity contribution in [3.05, 3.63) is 11.8 Å². The minimum Gasteiger partial charge on any atom is -0.382 e. The Bertz CT molecular complexity index is 594. The fraction of sp³-hybridized carbons (Fsp3) is 0.667. The number of hydrogen-bond acceptors (Lipinski definition) is 4. The number of nitrogen functional groups attached to an aromatic ring is 1. The Labute approximate surface area is 124 Å². The molecule has 3 rings (SSSR count). The highest BCUT2D eigenvalue weighted by Gasteiger charge is 2.43. The summed E-state index contributed by atoms with van der Waals surface area (Å²) < 4.78 is 1.69. The average molecular weight is 287 g/mol. The van der Waals surface area contributed by atoms with Crippen LogP contribution in [0.5, 0.6) is 0 Å². The second kappa shape index (κ2) is 5.06. The van der Waals surface area contributed by atoms with Crippen LogP contribution >= 0.6 is 0 Å². The maximum absolute atomic E-state index is 11.3.